The summed E-state index contributed by atoms with van der Waals surface area (Å²) in [6.45, 7) is 0.0970. The van der Waals surface area contributed by atoms with Crippen molar-refractivity contribution >= 4 is 17.7 Å². The molecule has 0 heterocycles. The van der Waals surface area contributed by atoms with Crippen molar-refractivity contribution in [3.8, 4) is 0 Å². The Balaban J connectivity index is 3.24. The number of hydrogen-bond acceptors (Lipinski definition) is 5. The maximum Gasteiger partial charge on any atom is 0.329 e. The first kappa shape index (κ1) is 18.5. The molecular weight excluding hydrogens is 268 g/mol. The molecule has 0 atom stereocenters. The van der Waals surface area contributed by atoms with Gasteiger partial charge in [0, 0.05) is 26.1 Å². The first-order chi connectivity index (χ1) is 9.52. The minimum absolute atomic E-state index is 0.154. The van der Waals surface area contributed by atoms with Crippen LogP contribution in [0.15, 0.2) is 0 Å². The number of Topliss-reactive ketones (excluding diaryl/α,β-unsaturated/α-hetero) is 1. The third-order valence-electron chi connectivity index (χ3n) is 2.44. The van der Waals surface area contributed by atoms with Gasteiger partial charge in [-0.15, -0.1) is 0 Å². The summed E-state index contributed by atoms with van der Waals surface area (Å²) in [5.74, 6) is -1.83. The molecule has 0 saturated carbocycles. The summed E-state index contributed by atoms with van der Waals surface area (Å²) in [4.78, 5) is 31.8. The average molecular weight is 290 g/mol. The lowest BCUT2D eigenvalue weighted by atomic mass is 10.1. The molecule has 0 unspecified atom stereocenters. The highest BCUT2D eigenvalue weighted by Crippen LogP contribution is 2.04. The molecule has 0 aliphatic carbocycles. The molecule has 0 rings (SSSR count). The minimum atomic E-state index is -0.994. The van der Waals surface area contributed by atoms with Crippen LogP contribution in [0.4, 0.5) is 0 Å². The van der Waals surface area contributed by atoms with E-state index in [9.17, 15) is 14.4 Å². The first-order valence-corrected chi connectivity index (χ1v) is 6.63. The maximum absolute atomic E-state index is 11.5. The van der Waals surface area contributed by atoms with Crippen molar-refractivity contribution < 1.29 is 34.1 Å². The van der Waals surface area contributed by atoms with Gasteiger partial charge in [-0.3, -0.25) is 4.79 Å². The van der Waals surface area contributed by atoms with Crippen molar-refractivity contribution in [2.45, 2.75) is 38.5 Å². The summed E-state index contributed by atoms with van der Waals surface area (Å²) in [6, 6.07) is 0. The highest BCUT2D eigenvalue weighted by atomic mass is 16.5. The lowest BCUT2D eigenvalue weighted by molar-refractivity contribution is -0.143. The molecule has 0 aromatic heterocycles. The van der Waals surface area contributed by atoms with Gasteiger partial charge in [-0.05, 0) is 25.7 Å². The van der Waals surface area contributed by atoms with Crippen LogP contribution in [0.25, 0.3) is 0 Å². The van der Waals surface area contributed by atoms with Crippen LogP contribution in [0.1, 0.15) is 38.5 Å². The van der Waals surface area contributed by atoms with Gasteiger partial charge in [0.1, 0.15) is 19.0 Å². The fourth-order valence-corrected chi connectivity index (χ4v) is 1.50. The van der Waals surface area contributed by atoms with Crippen LogP contribution < -0.4 is 0 Å². The maximum atomic E-state index is 11.5. The first-order valence-electron chi connectivity index (χ1n) is 6.63. The number of hydrogen-bond donors (Lipinski definition) is 2. The fourth-order valence-electron chi connectivity index (χ4n) is 1.50. The van der Waals surface area contributed by atoms with E-state index in [-0.39, 0.29) is 19.0 Å². The molecule has 20 heavy (non-hydrogen) atoms. The highest BCUT2D eigenvalue weighted by molar-refractivity contribution is 5.78. The van der Waals surface area contributed by atoms with E-state index >= 15 is 0 Å². The van der Waals surface area contributed by atoms with E-state index < -0.39 is 11.9 Å². The Kier molecular flexibility index (Phi) is 11.6. The molecular formula is C13H22O7. The van der Waals surface area contributed by atoms with Crippen LogP contribution >= 0.6 is 0 Å². The second kappa shape index (κ2) is 12.6. The Morgan fingerprint density at radius 3 is 1.45 bits per heavy atom. The van der Waals surface area contributed by atoms with E-state index in [1.54, 1.807) is 0 Å². The van der Waals surface area contributed by atoms with Gasteiger partial charge in [0.25, 0.3) is 0 Å². The normalized spacial score (nSPS) is 10.4. The Hall–Kier alpha value is -1.47. The van der Waals surface area contributed by atoms with Crippen LogP contribution in [0, 0.1) is 0 Å². The van der Waals surface area contributed by atoms with Gasteiger partial charge in [0.2, 0.25) is 0 Å². The number of unbranched alkanes of at least 4 members (excludes halogenated alkanes) is 2. The number of carbonyl (C=O) groups excluding carboxylic acids is 1. The molecule has 0 spiro atoms. The van der Waals surface area contributed by atoms with E-state index in [2.05, 4.69) is 0 Å². The molecule has 0 amide bonds. The Bertz CT molecular complexity index is 273. The molecule has 116 valence electrons. The van der Waals surface area contributed by atoms with Gasteiger partial charge >= 0.3 is 11.9 Å². The number of ketones is 1. The zero-order valence-corrected chi connectivity index (χ0v) is 11.5. The van der Waals surface area contributed by atoms with Crippen molar-refractivity contribution in [1.29, 1.82) is 0 Å². The molecule has 0 aromatic rings. The topological polar surface area (TPSA) is 110 Å². The average Bonchev–Trinajstić information content (AvgIpc) is 2.37. The van der Waals surface area contributed by atoms with Gasteiger partial charge < -0.3 is 19.7 Å². The van der Waals surface area contributed by atoms with Gasteiger partial charge in [-0.1, -0.05) is 0 Å². The number of rotatable bonds is 14. The third kappa shape index (κ3) is 14.6. The lowest BCUT2D eigenvalue weighted by Gasteiger charge is -2.03. The van der Waals surface area contributed by atoms with E-state index in [0.717, 1.165) is 0 Å². The summed E-state index contributed by atoms with van der Waals surface area (Å²) in [5.41, 5.74) is 0. The SMILES string of the molecule is O=C(O)COCCCCC(=O)CCCCOCC(=O)O. The van der Waals surface area contributed by atoms with Crippen molar-refractivity contribution in [1.82, 2.24) is 0 Å². The van der Waals surface area contributed by atoms with Gasteiger partial charge in [0.05, 0.1) is 0 Å². The summed E-state index contributed by atoms with van der Waals surface area (Å²) < 4.78 is 9.69. The summed E-state index contributed by atoms with van der Waals surface area (Å²) in [5, 5.41) is 16.7. The minimum Gasteiger partial charge on any atom is -0.480 e. The van der Waals surface area contributed by atoms with Crippen molar-refractivity contribution in [2.24, 2.45) is 0 Å². The van der Waals surface area contributed by atoms with Crippen LogP contribution in [0.2, 0.25) is 0 Å². The molecule has 2 N–H and O–H groups in total. The number of carbonyl (C=O) groups is 3. The zero-order chi connectivity index (χ0) is 15.2. The quantitative estimate of drug-likeness (QED) is 0.461. The Labute approximate surface area is 117 Å². The molecule has 0 radical (unpaired) electrons. The van der Waals surface area contributed by atoms with E-state index in [1.165, 1.54) is 0 Å². The van der Waals surface area contributed by atoms with E-state index in [4.69, 9.17) is 19.7 Å². The predicted molar refractivity (Wildman–Crippen MR) is 69.6 cm³/mol. The van der Waals surface area contributed by atoms with Crippen molar-refractivity contribution in [3.63, 3.8) is 0 Å². The molecule has 0 saturated heterocycles. The number of carboxylic acid groups (broad SMARTS) is 2. The molecule has 7 nitrogen and oxygen atoms in total. The zero-order valence-electron chi connectivity index (χ0n) is 11.5. The summed E-state index contributed by atoms with van der Waals surface area (Å²) in [6.07, 6.45) is 3.64. The van der Waals surface area contributed by atoms with Gasteiger partial charge in [-0.25, -0.2) is 9.59 Å². The highest BCUT2D eigenvalue weighted by Gasteiger charge is 2.03. The second-order valence-corrected chi connectivity index (χ2v) is 4.35. The van der Waals surface area contributed by atoms with Crippen LogP contribution in [-0.4, -0.2) is 54.4 Å². The second-order valence-electron chi connectivity index (χ2n) is 4.35. The molecule has 0 bridgehead atoms. The molecule has 0 aliphatic rings. The van der Waals surface area contributed by atoms with Gasteiger partial charge in [0.15, 0.2) is 0 Å². The predicted octanol–water partition coefficient (Wildman–Crippen LogP) is 1.10. The van der Waals surface area contributed by atoms with Crippen LogP contribution in [0.5, 0.6) is 0 Å². The van der Waals surface area contributed by atoms with E-state index in [1.807, 2.05) is 0 Å². The number of carboxylic acids is 2. The van der Waals surface area contributed by atoms with Crippen LogP contribution in [-0.2, 0) is 23.9 Å². The van der Waals surface area contributed by atoms with Crippen molar-refractivity contribution in [2.75, 3.05) is 26.4 Å². The Morgan fingerprint density at radius 1 is 0.700 bits per heavy atom. The number of aliphatic carboxylic acids is 2. The standard InChI is InChI=1S/C13H22O7/c14-11(5-1-3-7-19-9-12(15)16)6-2-4-8-20-10-13(17)18/h1-10H2,(H,15,16)(H,17,18). The monoisotopic (exact) mass is 290 g/mol. The molecule has 0 fully saturated rings. The van der Waals surface area contributed by atoms with Crippen molar-refractivity contribution in [3.05, 3.63) is 0 Å². The summed E-state index contributed by atoms with van der Waals surface area (Å²) in [7, 11) is 0. The van der Waals surface area contributed by atoms with E-state index in [0.29, 0.717) is 51.7 Å². The smallest absolute Gasteiger partial charge is 0.329 e. The number of ether oxygens (including phenoxy) is 2. The molecule has 0 aromatic carbocycles. The largest absolute Gasteiger partial charge is 0.480 e. The summed E-state index contributed by atoms with van der Waals surface area (Å²) >= 11 is 0. The Morgan fingerprint density at radius 2 is 1.10 bits per heavy atom. The lowest BCUT2D eigenvalue weighted by Crippen LogP contribution is -2.08. The molecule has 7 heteroatoms. The van der Waals surface area contributed by atoms with Crippen LogP contribution in [0.3, 0.4) is 0 Å². The fraction of sp³-hybridized carbons (Fsp3) is 0.769. The van der Waals surface area contributed by atoms with Gasteiger partial charge in [-0.2, -0.15) is 0 Å². The third-order valence-corrected chi connectivity index (χ3v) is 2.44. The molecule has 0 aliphatic heterocycles.